The predicted octanol–water partition coefficient (Wildman–Crippen LogP) is 1.04. The van der Waals surface area contributed by atoms with E-state index in [1.54, 1.807) is 19.2 Å². The molecule has 0 bridgehead atoms. The van der Waals surface area contributed by atoms with Crippen LogP contribution in [0, 0.1) is 0 Å². The monoisotopic (exact) mass is 214 g/mol. The molecule has 0 aliphatic rings. The topological polar surface area (TPSA) is 57.2 Å². The number of ether oxygens (including phenoxy) is 4. The van der Waals surface area contributed by atoms with E-state index in [0.717, 1.165) is 0 Å². The fraction of sp³-hybridized carbons (Fsp3) is 0.400. The number of hydrogen-bond acceptors (Lipinski definition) is 5. The Balaban J connectivity index is 3.19. The first-order valence-electron chi connectivity index (χ1n) is 4.30. The minimum atomic E-state index is -0.445. The van der Waals surface area contributed by atoms with Crippen LogP contribution in [0.4, 0.5) is 0 Å². The smallest absolute Gasteiger partial charge is 0.206 e. The van der Waals surface area contributed by atoms with Gasteiger partial charge in [-0.25, -0.2) is 0 Å². The third kappa shape index (κ3) is 2.44. The molecule has 5 nitrogen and oxygen atoms in total. The molecule has 0 radical (unpaired) electrons. The molecule has 0 heterocycles. The van der Waals surface area contributed by atoms with Gasteiger partial charge in [0.25, 0.3) is 0 Å². The zero-order valence-corrected chi connectivity index (χ0v) is 8.94. The lowest BCUT2D eigenvalue weighted by atomic mass is 10.2. The molecule has 0 amide bonds. The van der Waals surface area contributed by atoms with Gasteiger partial charge < -0.3 is 24.1 Å². The molecule has 0 fully saturated rings. The van der Waals surface area contributed by atoms with Gasteiger partial charge in [-0.3, -0.25) is 0 Å². The van der Waals surface area contributed by atoms with E-state index >= 15 is 0 Å². The zero-order chi connectivity index (χ0) is 11.3. The van der Waals surface area contributed by atoms with Gasteiger partial charge in [-0.15, -0.1) is 0 Å². The minimum absolute atomic E-state index is 0.350. The Bertz CT molecular complexity index is 299. The van der Waals surface area contributed by atoms with Crippen LogP contribution in [0.3, 0.4) is 0 Å². The average Bonchev–Trinajstić information content (AvgIpc) is 2.29. The highest BCUT2D eigenvalue weighted by Crippen LogP contribution is 2.40. The molecule has 0 saturated heterocycles. The lowest BCUT2D eigenvalue weighted by Gasteiger charge is -2.14. The van der Waals surface area contributed by atoms with Crippen molar-refractivity contribution in [3.63, 3.8) is 0 Å². The number of rotatable bonds is 5. The van der Waals surface area contributed by atoms with Gasteiger partial charge in [0.2, 0.25) is 5.75 Å². The van der Waals surface area contributed by atoms with Gasteiger partial charge in [0.15, 0.2) is 18.3 Å². The SMILES string of the molecule is COc1cc(OC)c(OCO)c(OC)c1. The van der Waals surface area contributed by atoms with Crippen LogP contribution < -0.4 is 18.9 Å². The molecule has 5 heteroatoms. The van der Waals surface area contributed by atoms with Crippen molar-refractivity contribution in [2.24, 2.45) is 0 Å². The first-order chi connectivity index (χ1) is 7.26. The van der Waals surface area contributed by atoms with Crippen LogP contribution in [0.5, 0.6) is 23.0 Å². The molecule has 0 unspecified atom stereocenters. The summed E-state index contributed by atoms with van der Waals surface area (Å²) in [4.78, 5) is 0. The Hall–Kier alpha value is -1.62. The first-order valence-corrected chi connectivity index (χ1v) is 4.30. The number of benzene rings is 1. The van der Waals surface area contributed by atoms with Crippen LogP contribution in [-0.4, -0.2) is 33.2 Å². The van der Waals surface area contributed by atoms with Crippen molar-refractivity contribution < 1.29 is 24.1 Å². The molecule has 1 aromatic carbocycles. The van der Waals surface area contributed by atoms with Crippen LogP contribution in [0.15, 0.2) is 12.1 Å². The van der Waals surface area contributed by atoms with E-state index in [9.17, 15) is 0 Å². The summed E-state index contributed by atoms with van der Waals surface area (Å²) >= 11 is 0. The molecule has 1 rings (SSSR count). The van der Waals surface area contributed by atoms with E-state index in [0.29, 0.717) is 23.0 Å². The Morgan fingerprint density at radius 2 is 1.53 bits per heavy atom. The molecule has 0 aromatic heterocycles. The Morgan fingerprint density at radius 3 is 1.87 bits per heavy atom. The molecule has 0 spiro atoms. The lowest BCUT2D eigenvalue weighted by molar-refractivity contribution is 0.0920. The second-order valence-corrected chi connectivity index (χ2v) is 2.63. The summed E-state index contributed by atoms with van der Waals surface area (Å²) in [6.45, 7) is -0.445. The molecule has 15 heavy (non-hydrogen) atoms. The van der Waals surface area contributed by atoms with E-state index in [-0.39, 0.29) is 0 Å². The summed E-state index contributed by atoms with van der Waals surface area (Å²) in [5.41, 5.74) is 0. The Kier molecular flexibility index (Phi) is 4.05. The fourth-order valence-corrected chi connectivity index (χ4v) is 1.18. The molecule has 1 N–H and O–H groups in total. The third-order valence-corrected chi connectivity index (χ3v) is 1.88. The van der Waals surface area contributed by atoms with Crippen molar-refractivity contribution in [3.05, 3.63) is 12.1 Å². The molecule has 0 aliphatic heterocycles. The predicted molar refractivity (Wildman–Crippen MR) is 53.8 cm³/mol. The van der Waals surface area contributed by atoms with Crippen LogP contribution in [-0.2, 0) is 0 Å². The quantitative estimate of drug-likeness (QED) is 0.742. The summed E-state index contributed by atoms with van der Waals surface area (Å²) in [6, 6.07) is 3.29. The van der Waals surface area contributed by atoms with Crippen molar-refractivity contribution in [2.75, 3.05) is 28.1 Å². The summed E-state index contributed by atoms with van der Waals surface area (Å²) in [5, 5.41) is 8.72. The molecular weight excluding hydrogens is 200 g/mol. The van der Waals surface area contributed by atoms with E-state index in [4.69, 9.17) is 24.1 Å². The molecular formula is C10H14O5. The Labute approximate surface area is 88.1 Å². The van der Waals surface area contributed by atoms with Gasteiger partial charge in [-0.1, -0.05) is 0 Å². The normalized spacial score (nSPS) is 9.60. The van der Waals surface area contributed by atoms with E-state index in [1.165, 1.54) is 14.2 Å². The summed E-state index contributed by atoms with van der Waals surface area (Å²) in [7, 11) is 4.54. The fourth-order valence-electron chi connectivity index (χ4n) is 1.18. The molecule has 1 aromatic rings. The summed E-state index contributed by atoms with van der Waals surface area (Å²) in [5.74, 6) is 1.83. The number of methoxy groups -OCH3 is 3. The van der Waals surface area contributed by atoms with Gasteiger partial charge in [-0.2, -0.15) is 0 Å². The van der Waals surface area contributed by atoms with Gasteiger partial charge in [0.05, 0.1) is 21.3 Å². The lowest BCUT2D eigenvalue weighted by Crippen LogP contribution is -2.00. The summed E-state index contributed by atoms with van der Waals surface area (Å²) in [6.07, 6.45) is 0. The number of aliphatic hydroxyl groups excluding tert-OH is 1. The minimum Gasteiger partial charge on any atom is -0.496 e. The van der Waals surface area contributed by atoms with Crippen molar-refractivity contribution in [2.45, 2.75) is 0 Å². The van der Waals surface area contributed by atoms with E-state index in [1.807, 2.05) is 0 Å². The Morgan fingerprint density at radius 1 is 1.00 bits per heavy atom. The largest absolute Gasteiger partial charge is 0.496 e. The maximum absolute atomic E-state index is 8.72. The maximum Gasteiger partial charge on any atom is 0.206 e. The molecule has 0 atom stereocenters. The van der Waals surface area contributed by atoms with Crippen LogP contribution in [0.1, 0.15) is 0 Å². The second kappa shape index (κ2) is 5.31. The van der Waals surface area contributed by atoms with E-state index < -0.39 is 6.79 Å². The van der Waals surface area contributed by atoms with Crippen LogP contribution >= 0.6 is 0 Å². The van der Waals surface area contributed by atoms with Gasteiger partial charge in [-0.05, 0) is 0 Å². The van der Waals surface area contributed by atoms with Gasteiger partial charge in [0, 0.05) is 12.1 Å². The van der Waals surface area contributed by atoms with E-state index in [2.05, 4.69) is 0 Å². The van der Waals surface area contributed by atoms with Gasteiger partial charge in [0.1, 0.15) is 5.75 Å². The van der Waals surface area contributed by atoms with Gasteiger partial charge >= 0.3 is 0 Å². The number of aliphatic hydroxyl groups is 1. The maximum atomic E-state index is 8.72. The van der Waals surface area contributed by atoms with Crippen molar-refractivity contribution in [3.8, 4) is 23.0 Å². The van der Waals surface area contributed by atoms with Crippen molar-refractivity contribution in [1.82, 2.24) is 0 Å². The highest BCUT2D eigenvalue weighted by atomic mass is 16.6. The average molecular weight is 214 g/mol. The second-order valence-electron chi connectivity index (χ2n) is 2.63. The third-order valence-electron chi connectivity index (χ3n) is 1.88. The highest BCUT2D eigenvalue weighted by molar-refractivity contribution is 5.55. The van der Waals surface area contributed by atoms with Crippen LogP contribution in [0.25, 0.3) is 0 Å². The first kappa shape index (κ1) is 11.5. The van der Waals surface area contributed by atoms with Crippen molar-refractivity contribution in [1.29, 1.82) is 0 Å². The molecule has 0 saturated carbocycles. The summed E-state index contributed by atoms with van der Waals surface area (Å²) < 4.78 is 20.2. The van der Waals surface area contributed by atoms with Crippen molar-refractivity contribution >= 4 is 0 Å². The zero-order valence-electron chi connectivity index (χ0n) is 8.94. The standard InChI is InChI=1S/C10H14O5/c1-12-7-4-8(13-2)10(15-6-11)9(5-7)14-3/h4-5,11H,6H2,1-3H3. The van der Waals surface area contributed by atoms with Crippen LogP contribution in [0.2, 0.25) is 0 Å². The highest BCUT2D eigenvalue weighted by Gasteiger charge is 2.14. The molecule has 0 aliphatic carbocycles. The molecule has 84 valence electrons. The number of hydrogen-bond donors (Lipinski definition) is 1.